The molecule has 1 aromatic carbocycles. The fourth-order valence-corrected chi connectivity index (χ4v) is 3.63. The van der Waals surface area contributed by atoms with E-state index in [1.54, 1.807) is 30.3 Å². The summed E-state index contributed by atoms with van der Waals surface area (Å²) in [6, 6.07) is 8.47. The van der Waals surface area contributed by atoms with E-state index in [1.807, 2.05) is 11.8 Å². The molecular formula is C11H16N2O2S2. The largest absolute Gasteiger partial charge is 0.288 e. The highest BCUT2D eigenvalue weighted by molar-refractivity contribution is 7.99. The number of sulfonamides is 1. The van der Waals surface area contributed by atoms with E-state index in [2.05, 4.69) is 9.62 Å². The van der Waals surface area contributed by atoms with Crippen molar-refractivity contribution < 1.29 is 8.42 Å². The van der Waals surface area contributed by atoms with E-state index in [0.717, 1.165) is 24.6 Å². The molecule has 0 bridgehead atoms. The van der Waals surface area contributed by atoms with Crippen molar-refractivity contribution in [3.8, 4) is 0 Å². The number of hydrogen-bond donors (Lipinski definition) is 1. The molecular weight excluding hydrogens is 256 g/mol. The van der Waals surface area contributed by atoms with Crippen LogP contribution in [-0.2, 0) is 10.0 Å². The van der Waals surface area contributed by atoms with Crippen molar-refractivity contribution in [3.05, 3.63) is 30.3 Å². The predicted octanol–water partition coefficient (Wildman–Crippen LogP) is 0.971. The lowest BCUT2D eigenvalue weighted by Gasteiger charge is -2.26. The summed E-state index contributed by atoms with van der Waals surface area (Å²) in [6.07, 6.45) is 0. The predicted molar refractivity (Wildman–Crippen MR) is 70.5 cm³/mol. The molecule has 1 saturated heterocycles. The Bertz CT molecular complexity index is 442. The van der Waals surface area contributed by atoms with Crippen LogP contribution < -0.4 is 4.72 Å². The fourth-order valence-electron chi connectivity index (χ4n) is 1.62. The minimum atomic E-state index is -3.36. The highest BCUT2D eigenvalue weighted by Crippen LogP contribution is 2.10. The van der Waals surface area contributed by atoms with Crippen molar-refractivity contribution in [2.24, 2.45) is 0 Å². The third-order valence-corrected chi connectivity index (χ3v) is 4.98. The molecule has 4 nitrogen and oxygen atoms in total. The van der Waals surface area contributed by atoms with Gasteiger partial charge in [-0.25, -0.2) is 8.42 Å². The van der Waals surface area contributed by atoms with Gasteiger partial charge in [0, 0.05) is 24.6 Å². The van der Waals surface area contributed by atoms with Gasteiger partial charge in [-0.1, -0.05) is 18.2 Å². The molecule has 0 amide bonds. The quantitative estimate of drug-likeness (QED) is 0.887. The molecule has 17 heavy (non-hydrogen) atoms. The van der Waals surface area contributed by atoms with Gasteiger partial charge in [0.25, 0.3) is 0 Å². The Kier molecular flexibility index (Phi) is 4.44. The van der Waals surface area contributed by atoms with Gasteiger partial charge in [-0.3, -0.25) is 4.90 Å². The van der Waals surface area contributed by atoms with Crippen molar-refractivity contribution in [1.29, 1.82) is 0 Å². The summed E-state index contributed by atoms with van der Waals surface area (Å²) in [4.78, 5) is 2.45. The lowest BCUT2D eigenvalue weighted by Crippen LogP contribution is -2.41. The van der Waals surface area contributed by atoms with Gasteiger partial charge in [0.1, 0.15) is 0 Å². The molecule has 94 valence electrons. The number of rotatable bonds is 4. The molecule has 0 unspecified atom stereocenters. The second kappa shape index (κ2) is 5.86. The van der Waals surface area contributed by atoms with Crippen molar-refractivity contribution in [3.63, 3.8) is 0 Å². The summed E-state index contributed by atoms with van der Waals surface area (Å²) in [6.45, 7) is 2.29. The Morgan fingerprint density at radius 1 is 1.18 bits per heavy atom. The number of hydrogen-bond acceptors (Lipinski definition) is 4. The topological polar surface area (TPSA) is 49.4 Å². The first-order valence-corrected chi connectivity index (χ1v) is 8.17. The third-order valence-electron chi connectivity index (χ3n) is 2.64. The van der Waals surface area contributed by atoms with Gasteiger partial charge in [0.2, 0.25) is 10.0 Å². The van der Waals surface area contributed by atoms with Crippen LogP contribution in [0.15, 0.2) is 35.2 Å². The van der Waals surface area contributed by atoms with E-state index in [1.165, 1.54) is 0 Å². The van der Waals surface area contributed by atoms with Crippen molar-refractivity contribution in [2.75, 3.05) is 31.3 Å². The van der Waals surface area contributed by atoms with Gasteiger partial charge >= 0.3 is 0 Å². The summed E-state index contributed by atoms with van der Waals surface area (Å²) < 4.78 is 26.5. The minimum absolute atomic E-state index is 0.325. The SMILES string of the molecule is O=S(=O)(NCN1CCSCC1)c1ccccc1. The van der Waals surface area contributed by atoms with E-state index >= 15 is 0 Å². The minimum Gasteiger partial charge on any atom is -0.288 e. The molecule has 1 aliphatic rings. The smallest absolute Gasteiger partial charge is 0.241 e. The normalized spacial score (nSPS) is 18.1. The summed E-state index contributed by atoms with van der Waals surface area (Å²) >= 11 is 1.91. The fraction of sp³-hybridized carbons (Fsp3) is 0.455. The first-order valence-electron chi connectivity index (χ1n) is 5.53. The Morgan fingerprint density at radius 3 is 2.47 bits per heavy atom. The van der Waals surface area contributed by atoms with Crippen molar-refractivity contribution in [2.45, 2.75) is 4.90 Å². The molecule has 1 N–H and O–H groups in total. The van der Waals surface area contributed by atoms with E-state index in [9.17, 15) is 8.42 Å². The first kappa shape index (κ1) is 12.9. The van der Waals surface area contributed by atoms with Crippen molar-refractivity contribution in [1.82, 2.24) is 9.62 Å². The Morgan fingerprint density at radius 2 is 1.82 bits per heavy atom. The van der Waals surface area contributed by atoms with Crippen LogP contribution >= 0.6 is 11.8 Å². The van der Waals surface area contributed by atoms with E-state index < -0.39 is 10.0 Å². The van der Waals surface area contributed by atoms with Crippen molar-refractivity contribution >= 4 is 21.8 Å². The Hall–Kier alpha value is -0.560. The maximum Gasteiger partial charge on any atom is 0.241 e. The monoisotopic (exact) mass is 272 g/mol. The van der Waals surface area contributed by atoms with Crippen LogP contribution in [0.4, 0.5) is 0 Å². The molecule has 2 rings (SSSR count). The maximum atomic E-state index is 11.9. The van der Waals surface area contributed by atoms with Gasteiger partial charge in [0.15, 0.2) is 0 Å². The number of thioether (sulfide) groups is 1. The molecule has 1 aromatic rings. The molecule has 0 atom stereocenters. The Labute approximate surface area is 106 Å². The van der Waals surface area contributed by atoms with Crippen LogP contribution in [0.2, 0.25) is 0 Å². The average molecular weight is 272 g/mol. The number of benzene rings is 1. The molecule has 1 heterocycles. The van der Waals surface area contributed by atoms with E-state index in [0.29, 0.717) is 11.6 Å². The zero-order valence-electron chi connectivity index (χ0n) is 9.50. The number of nitrogens with zero attached hydrogens (tertiary/aromatic N) is 1. The third kappa shape index (κ3) is 3.70. The van der Waals surface area contributed by atoms with Crippen LogP contribution in [0.3, 0.4) is 0 Å². The van der Waals surface area contributed by atoms with E-state index in [-0.39, 0.29) is 0 Å². The van der Waals surface area contributed by atoms with Gasteiger partial charge in [-0.2, -0.15) is 16.5 Å². The van der Waals surface area contributed by atoms with Gasteiger partial charge in [0.05, 0.1) is 11.6 Å². The van der Waals surface area contributed by atoms with Crippen LogP contribution in [-0.4, -0.2) is 44.6 Å². The standard InChI is InChI=1S/C11H16N2O2S2/c14-17(15,11-4-2-1-3-5-11)12-10-13-6-8-16-9-7-13/h1-5,12H,6-10H2. The van der Waals surface area contributed by atoms with Gasteiger partial charge in [-0.15, -0.1) is 0 Å². The molecule has 0 radical (unpaired) electrons. The second-order valence-electron chi connectivity index (χ2n) is 3.85. The molecule has 1 aliphatic heterocycles. The van der Waals surface area contributed by atoms with Crippen LogP contribution in [0.25, 0.3) is 0 Å². The molecule has 0 saturated carbocycles. The first-order chi connectivity index (χ1) is 8.18. The highest BCUT2D eigenvalue weighted by Gasteiger charge is 2.16. The van der Waals surface area contributed by atoms with Crippen LogP contribution in [0, 0.1) is 0 Å². The summed E-state index contributed by atoms with van der Waals surface area (Å²) in [5, 5.41) is 0. The zero-order valence-corrected chi connectivity index (χ0v) is 11.1. The van der Waals surface area contributed by atoms with E-state index in [4.69, 9.17) is 0 Å². The number of nitrogens with one attached hydrogen (secondary N) is 1. The van der Waals surface area contributed by atoms with Gasteiger partial charge in [-0.05, 0) is 12.1 Å². The lowest BCUT2D eigenvalue weighted by molar-refractivity contribution is 0.298. The summed E-state index contributed by atoms with van der Waals surface area (Å²) in [7, 11) is -3.36. The molecule has 0 aromatic heterocycles. The summed E-state index contributed by atoms with van der Waals surface area (Å²) in [5.74, 6) is 2.15. The molecule has 0 aliphatic carbocycles. The zero-order chi connectivity index (χ0) is 12.1. The highest BCUT2D eigenvalue weighted by atomic mass is 32.2. The van der Waals surface area contributed by atoms with Crippen LogP contribution in [0.5, 0.6) is 0 Å². The molecule has 0 spiro atoms. The molecule has 1 fully saturated rings. The van der Waals surface area contributed by atoms with Crippen LogP contribution in [0.1, 0.15) is 0 Å². The lowest BCUT2D eigenvalue weighted by atomic mass is 10.4. The second-order valence-corrected chi connectivity index (χ2v) is 6.84. The summed E-state index contributed by atoms with van der Waals surface area (Å²) in [5.41, 5.74) is 0. The molecule has 6 heteroatoms. The van der Waals surface area contributed by atoms with Gasteiger partial charge < -0.3 is 0 Å². The maximum absolute atomic E-state index is 11.9. The Balaban J connectivity index is 1.94. The average Bonchev–Trinajstić information content (AvgIpc) is 2.39.